The number of hydrogen-bond acceptors (Lipinski definition) is 4. The molecule has 0 fully saturated rings. The van der Waals surface area contributed by atoms with Gasteiger partial charge >= 0.3 is 0 Å². The van der Waals surface area contributed by atoms with Crippen LogP contribution >= 0.6 is 0 Å². The Morgan fingerprint density at radius 2 is 0.671 bits per heavy atom. The van der Waals surface area contributed by atoms with Crippen LogP contribution in [0.2, 0.25) is 0 Å². The largest absolute Gasteiger partial charge is 0.453 e. The normalized spacial score (nSPS) is 12.8. The van der Waals surface area contributed by atoms with Crippen molar-refractivity contribution in [2.24, 2.45) is 0 Å². The summed E-state index contributed by atoms with van der Waals surface area (Å²) in [6.07, 6.45) is 0. The van der Waals surface area contributed by atoms with E-state index in [4.69, 9.17) is 8.83 Å². The number of fused-ring (bicyclic) bond motifs is 19. The van der Waals surface area contributed by atoms with E-state index >= 15 is 0 Å². The maximum Gasteiger partial charge on any atom is 0.159 e. The van der Waals surface area contributed by atoms with Crippen LogP contribution in [0.5, 0.6) is 0 Å². The summed E-state index contributed by atoms with van der Waals surface area (Å²) in [6.45, 7) is 0. The summed E-state index contributed by atoms with van der Waals surface area (Å²) < 4.78 is 14.2. The standard InChI is InChI=1S/C81H50N2O2/c1-5-21-51(22-6-1)61-31-17-33-66-68-35-19-39-74(79(68)84-77(61)66)82(56-25-9-3-10-26-56)58-43-41-53-49-70-65-45-42-54-47-59(44-46-60(54)76(65)81(73(70)50-55(53)48-58)71-37-15-13-29-63(71)64-30-14-16-38-72(64)81)83(57-27-11-4-12-28-57)75-40-20-36-69-67-34-18-32-62(78(67)85-80(69)75)52-23-7-2-8-24-52/h1-50H. The summed E-state index contributed by atoms with van der Waals surface area (Å²) >= 11 is 0. The molecule has 0 saturated heterocycles. The second-order valence-electron chi connectivity index (χ2n) is 22.6. The van der Waals surface area contributed by atoms with Crippen molar-refractivity contribution in [3.05, 3.63) is 326 Å². The van der Waals surface area contributed by atoms with E-state index in [0.29, 0.717) is 0 Å². The molecule has 14 aromatic carbocycles. The van der Waals surface area contributed by atoms with Crippen molar-refractivity contribution >= 4 is 99.5 Å². The van der Waals surface area contributed by atoms with Crippen molar-refractivity contribution in [1.82, 2.24) is 0 Å². The van der Waals surface area contributed by atoms with Gasteiger partial charge < -0.3 is 18.6 Å². The number of furan rings is 2. The minimum absolute atomic E-state index is 0.617. The Balaban J connectivity index is 0.832. The fourth-order valence-electron chi connectivity index (χ4n) is 14.6. The number of anilines is 6. The average molecular weight is 1080 g/mol. The molecule has 2 heterocycles. The van der Waals surface area contributed by atoms with E-state index in [0.717, 1.165) is 111 Å². The maximum atomic E-state index is 7.10. The second-order valence-corrected chi connectivity index (χ2v) is 22.6. The molecule has 2 aromatic heterocycles. The van der Waals surface area contributed by atoms with Crippen LogP contribution in [-0.4, -0.2) is 0 Å². The van der Waals surface area contributed by atoms with Gasteiger partial charge in [-0.2, -0.15) is 0 Å². The van der Waals surface area contributed by atoms with Gasteiger partial charge in [0.1, 0.15) is 11.2 Å². The third-order valence-electron chi connectivity index (χ3n) is 18.2. The highest BCUT2D eigenvalue weighted by molar-refractivity contribution is 6.16. The minimum Gasteiger partial charge on any atom is -0.453 e. The summed E-state index contributed by atoms with van der Waals surface area (Å²) in [5.41, 5.74) is 23.7. The third-order valence-corrected chi connectivity index (χ3v) is 18.2. The van der Waals surface area contributed by atoms with Crippen LogP contribution < -0.4 is 9.80 Å². The summed E-state index contributed by atoms with van der Waals surface area (Å²) in [7, 11) is 0. The summed E-state index contributed by atoms with van der Waals surface area (Å²) in [6, 6.07) is 111. The van der Waals surface area contributed by atoms with Crippen molar-refractivity contribution in [2.45, 2.75) is 5.41 Å². The lowest BCUT2D eigenvalue weighted by Gasteiger charge is -2.32. The van der Waals surface area contributed by atoms with Gasteiger partial charge in [-0.15, -0.1) is 0 Å². The maximum absolute atomic E-state index is 7.10. The smallest absolute Gasteiger partial charge is 0.159 e. The van der Waals surface area contributed by atoms with Gasteiger partial charge in [-0.25, -0.2) is 0 Å². The first-order chi connectivity index (χ1) is 42.2. The molecule has 396 valence electrons. The molecular formula is C81H50N2O2. The Bertz CT molecular complexity index is 5330. The number of rotatable bonds is 8. The highest BCUT2D eigenvalue weighted by atomic mass is 16.3. The van der Waals surface area contributed by atoms with Gasteiger partial charge in [0.2, 0.25) is 0 Å². The molecule has 0 saturated carbocycles. The molecule has 0 radical (unpaired) electrons. The third kappa shape index (κ3) is 6.91. The number of hydrogen-bond donors (Lipinski definition) is 0. The summed E-state index contributed by atoms with van der Waals surface area (Å²) in [5.74, 6) is 0. The molecule has 0 bridgehead atoms. The molecule has 18 rings (SSSR count). The summed E-state index contributed by atoms with van der Waals surface area (Å²) in [4.78, 5) is 4.73. The predicted molar refractivity (Wildman–Crippen MR) is 353 cm³/mol. The lowest BCUT2D eigenvalue weighted by molar-refractivity contribution is 0.670. The second kappa shape index (κ2) is 18.4. The molecule has 4 heteroatoms. The van der Waals surface area contributed by atoms with E-state index < -0.39 is 5.41 Å². The first-order valence-corrected chi connectivity index (χ1v) is 29.2. The molecule has 0 atom stereocenters. The molecule has 2 aliphatic rings. The number of benzene rings is 14. The van der Waals surface area contributed by atoms with Crippen LogP contribution in [0, 0.1) is 0 Å². The molecule has 2 aliphatic carbocycles. The molecule has 0 amide bonds. The number of para-hydroxylation sites is 6. The van der Waals surface area contributed by atoms with E-state index in [9.17, 15) is 0 Å². The Morgan fingerprint density at radius 3 is 1.21 bits per heavy atom. The zero-order chi connectivity index (χ0) is 55.7. The van der Waals surface area contributed by atoms with Gasteiger partial charge in [0.25, 0.3) is 0 Å². The first kappa shape index (κ1) is 47.4. The first-order valence-electron chi connectivity index (χ1n) is 29.2. The molecule has 85 heavy (non-hydrogen) atoms. The van der Waals surface area contributed by atoms with Crippen LogP contribution in [0.15, 0.2) is 312 Å². The van der Waals surface area contributed by atoms with Crippen LogP contribution in [0.25, 0.3) is 110 Å². The SMILES string of the molecule is c1ccc(-c2cccc3c2oc2c(N(c4ccccc4)c4ccc5cc6c(cc5c4)C4(c5ccccc5-c5ccccc54)c4c-6ccc5cc(N(c6ccccc6)c6cccc7c6oc6c(-c8ccccc8)cccc67)ccc45)cccc23)cc1. The van der Waals surface area contributed by atoms with Gasteiger partial charge in [-0.1, -0.05) is 231 Å². The van der Waals surface area contributed by atoms with E-state index in [1.165, 1.54) is 55.3 Å². The Labute approximate surface area is 490 Å². The van der Waals surface area contributed by atoms with Crippen LogP contribution in [0.4, 0.5) is 34.1 Å². The molecule has 0 unspecified atom stereocenters. The van der Waals surface area contributed by atoms with Crippen molar-refractivity contribution < 1.29 is 8.83 Å². The van der Waals surface area contributed by atoms with Gasteiger partial charge in [0.05, 0.1) is 16.8 Å². The van der Waals surface area contributed by atoms with Gasteiger partial charge in [-0.3, -0.25) is 0 Å². The van der Waals surface area contributed by atoms with Crippen molar-refractivity contribution in [3.63, 3.8) is 0 Å². The highest BCUT2D eigenvalue weighted by Gasteiger charge is 2.52. The van der Waals surface area contributed by atoms with Gasteiger partial charge in [0.15, 0.2) is 11.2 Å². The molecule has 0 N–H and O–H groups in total. The number of nitrogens with zero attached hydrogens (tertiary/aromatic N) is 2. The Kier molecular flexibility index (Phi) is 10.3. The zero-order valence-corrected chi connectivity index (χ0v) is 46.1. The van der Waals surface area contributed by atoms with Crippen molar-refractivity contribution in [1.29, 1.82) is 0 Å². The topological polar surface area (TPSA) is 32.8 Å². The van der Waals surface area contributed by atoms with E-state index in [2.05, 4.69) is 313 Å². The fraction of sp³-hybridized carbons (Fsp3) is 0.0123. The van der Waals surface area contributed by atoms with Gasteiger partial charge in [0, 0.05) is 55.4 Å². The van der Waals surface area contributed by atoms with Crippen LogP contribution in [0.1, 0.15) is 22.3 Å². The molecule has 16 aromatic rings. The van der Waals surface area contributed by atoms with Crippen molar-refractivity contribution in [2.75, 3.05) is 9.80 Å². The lowest BCUT2D eigenvalue weighted by Crippen LogP contribution is -2.26. The van der Waals surface area contributed by atoms with Crippen LogP contribution in [0.3, 0.4) is 0 Å². The average Bonchev–Trinajstić information content (AvgIpc) is 1.59. The van der Waals surface area contributed by atoms with E-state index in [-0.39, 0.29) is 0 Å². The van der Waals surface area contributed by atoms with Crippen LogP contribution in [-0.2, 0) is 5.41 Å². The quantitative estimate of drug-likeness (QED) is 0.152. The van der Waals surface area contributed by atoms with E-state index in [1.54, 1.807) is 0 Å². The van der Waals surface area contributed by atoms with E-state index in [1.807, 2.05) is 0 Å². The Morgan fingerprint density at radius 1 is 0.235 bits per heavy atom. The lowest BCUT2D eigenvalue weighted by atomic mass is 9.69. The molecular weight excluding hydrogens is 1030 g/mol. The minimum atomic E-state index is -0.617. The predicted octanol–water partition coefficient (Wildman–Crippen LogP) is 22.4. The Hall–Kier alpha value is -11.2. The monoisotopic (exact) mass is 1080 g/mol. The zero-order valence-electron chi connectivity index (χ0n) is 46.1. The molecule has 4 nitrogen and oxygen atoms in total. The van der Waals surface area contributed by atoms with Crippen molar-refractivity contribution in [3.8, 4) is 44.5 Å². The molecule has 0 aliphatic heterocycles. The summed E-state index contributed by atoms with van der Waals surface area (Å²) in [5, 5.41) is 9.08. The van der Waals surface area contributed by atoms with Gasteiger partial charge in [-0.05, 0) is 150 Å². The highest BCUT2D eigenvalue weighted by Crippen LogP contribution is 2.65. The fourth-order valence-corrected chi connectivity index (χ4v) is 14.6. The molecule has 1 spiro atoms.